The van der Waals surface area contributed by atoms with Crippen LogP contribution >= 0.6 is 0 Å². The van der Waals surface area contributed by atoms with E-state index in [9.17, 15) is 13.2 Å². The Kier molecular flexibility index (Phi) is 3.77. The molecule has 120 valence electrons. The zero-order valence-corrected chi connectivity index (χ0v) is 11.9. The zero-order chi connectivity index (χ0) is 16.4. The van der Waals surface area contributed by atoms with Crippen molar-refractivity contribution < 1.29 is 17.9 Å². The van der Waals surface area contributed by atoms with Crippen molar-refractivity contribution in [3.05, 3.63) is 42.5 Å². The molecule has 1 aromatic carbocycles. The number of halogens is 3. The molecule has 0 aliphatic carbocycles. The van der Waals surface area contributed by atoms with E-state index >= 15 is 0 Å². The van der Waals surface area contributed by atoms with Gasteiger partial charge in [0.15, 0.2) is 11.5 Å². The lowest BCUT2D eigenvalue weighted by atomic mass is 10.1. The van der Waals surface area contributed by atoms with Crippen molar-refractivity contribution in [3.63, 3.8) is 0 Å². The lowest BCUT2D eigenvalue weighted by Crippen LogP contribution is -2.17. The summed E-state index contributed by atoms with van der Waals surface area (Å²) in [7, 11) is 0. The molecule has 2 N–H and O–H groups in total. The standard InChI is InChI=1S/C14H12F3N5O/c1-8(9-2-4-10(5-3-9)23-14(15,16)17)22-13-11-12(19-6-18-11)20-7-21-13/h2-8H,1H3,(H2,18,19,20,21,22)/t8-/m0/s1. The zero-order valence-electron chi connectivity index (χ0n) is 11.9. The maximum absolute atomic E-state index is 12.1. The minimum atomic E-state index is -4.70. The quantitative estimate of drug-likeness (QED) is 0.769. The van der Waals surface area contributed by atoms with Gasteiger partial charge in [0.1, 0.15) is 17.6 Å². The number of benzene rings is 1. The molecule has 0 saturated carbocycles. The van der Waals surface area contributed by atoms with Crippen LogP contribution in [0.5, 0.6) is 5.75 Å². The van der Waals surface area contributed by atoms with Gasteiger partial charge in [-0.2, -0.15) is 0 Å². The molecule has 1 atom stereocenters. The second-order valence-corrected chi connectivity index (χ2v) is 4.81. The van der Waals surface area contributed by atoms with Gasteiger partial charge in [-0.25, -0.2) is 15.0 Å². The summed E-state index contributed by atoms with van der Waals surface area (Å²) in [5, 5.41) is 3.17. The lowest BCUT2D eigenvalue weighted by molar-refractivity contribution is -0.274. The third-order valence-corrected chi connectivity index (χ3v) is 3.19. The third-order valence-electron chi connectivity index (χ3n) is 3.19. The minimum absolute atomic E-state index is 0.184. The molecular weight excluding hydrogens is 311 g/mol. The summed E-state index contributed by atoms with van der Waals surface area (Å²) in [5.74, 6) is 0.307. The van der Waals surface area contributed by atoms with Gasteiger partial charge in [0.2, 0.25) is 0 Å². The number of nitrogens with one attached hydrogen (secondary N) is 2. The number of H-pyrrole nitrogens is 1. The molecule has 3 rings (SSSR count). The van der Waals surface area contributed by atoms with E-state index in [4.69, 9.17) is 0 Å². The highest BCUT2D eigenvalue weighted by atomic mass is 19.4. The Morgan fingerprint density at radius 2 is 1.87 bits per heavy atom. The first-order valence-electron chi connectivity index (χ1n) is 6.69. The van der Waals surface area contributed by atoms with Crippen molar-refractivity contribution in [2.24, 2.45) is 0 Å². The fourth-order valence-corrected chi connectivity index (χ4v) is 2.12. The summed E-state index contributed by atoms with van der Waals surface area (Å²) in [6.45, 7) is 1.87. The van der Waals surface area contributed by atoms with Gasteiger partial charge in [0.05, 0.1) is 12.4 Å². The van der Waals surface area contributed by atoms with Crippen LogP contribution in [0.4, 0.5) is 19.0 Å². The molecule has 3 aromatic rings. The molecule has 9 heteroatoms. The summed E-state index contributed by atoms with van der Waals surface area (Å²) in [6, 6.07) is 5.48. The number of hydrogen-bond acceptors (Lipinski definition) is 5. The largest absolute Gasteiger partial charge is 0.573 e. The van der Waals surface area contributed by atoms with Crippen LogP contribution in [0.25, 0.3) is 11.2 Å². The van der Waals surface area contributed by atoms with E-state index in [0.717, 1.165) is 5.56 Å². The number of rotatable bonds is 4. The molecule has 2 aromatic heterocycles. The molecule has 0 spiro atoms. The minimum Gasteiger partial charge on any atom is -0.406 e. The molecule has 0 aliphatic heterocycles. The molecule has 0 bridgehead atoms. The number of aromatic nitrogens is 4. The van der Waals surface area contributed by atoms with Crippen LogP contribution in [-0.4, -0.2) is 26.3 Å². The van der Waals surface area contributed by atoms with Gasteiger partial charge < -0.3 is 15.0 Å². The van der Waals surface area contributed by atoms with E-state index in [0.29, 0.717) is 17.0 Å². The van der Waals surface area contributed by atoms with Crippen LogP contribution < -0.4 is 10.1 Å². The maximum atomic E-state index is 12.1. The topological polar surface area (TPSA) is 75.7 Å². The number of aromatic amines is 1. The fraction of sp³-hybridized carbons (Fsp3) is 0.214. The van der Waals surface area contributed by atoms with Gasteiger partial charge in [-0.15, -0.1) is 13.2 Å². The first-order chi connectivity index (χ1) is 10.9. The molecule has 23 heavy (non-hydrogen) atoms. The van der Waals surface area contributed by atoms with Crippen molar-refractivity contribution in [2.75, 3.05) is 5.32 Å². The molecule has 0 saturated heterocycles. The summed E-state index contributed by atoms with van der Waals surface area (Å²) < 4.78 is 40.3. The van der Waals surface area contributed by atoms with Crippen molar-refractivity contribution in [1.82, 2.24) is 19.9 Å². The highest BCUT2D eigenvalue weighted by molar-refractivity contribution is 5.82. The lowest BCUT2D eigenvalue weighted by Gasteiger charge is -2.16. The highest BCUT2D eigenvalue weighted by Crippen LogP contribution is 2.26. The number of imidazole rings is 1. The Hall–Kier alpha value is -2.84. The summed E-state index contributed by atoms with van der Waals surface area (Å²) in [4.78, 5) is 15.1. The van der Waals surface area contributed by atoms with E-state index in [2.05, 4.69) is 30.0 Å². The predicted molar refractivity (Wildman–Crippen MR) is 76.8 cm³/mol. The molecule has 0 aliphatic rings. The second kappa shape index (κ2) is 5.75. The van der Waals surface area contributed by atoms with Crippen LogP contribution in [0.15, 0.2) is 36.9 Å². The first kappa shape index (κ1) is 15.1. The van der Waals surface area contributed by atoms with Crippen LogP contribution in [0.3, 0.4) is 0 Å². The van der Waals surface area contributed by atoms with Gasteiger partial charge in [0, 0.05) is 0 Å². The number of fused-ring (bicyclic) bond motifs is 1. The number of ether oxygens (including phenoxy) is 1. The molecule has 0 amide bonds. The van der Waals surface area contributed by atoms with E-state index in [1.165, 1.54) is 24.8 Å². The van der Waals surface area contributed by atoms with Gasteiger partial charge in [-0.05, 0) is 24.6 Å². The Bertz CT molecular complexity index is 800. The maximum Gasteiger partial charge on any atom is 0.573 e. The molecule has 0 radical (unpaired) electrons. The average Bonchev–Trinajstić information content (AvgIpc) is 2.96. The van der Waals surface area contributed by atoms with Crippen LogP contribution in [0, 0.1) is 0 Å². The van der Waals surface area contributed by atoms with E-state index in [-0.39, 0.29) is 11.8 Å². The van der Waals surface area contributed by atoms with E-state index in [1.807, 2.05) is 6.92 Å². The highest BCUT2D eigenvalue weighted by Gasteiger charge is 2.31. The Labute approximate surface area is 128 Å². The normalized spacial score (nSPS) is 13.0. The number of alkyl halides is 3. The molecular formula is C14H12F3N5O. The smallest absolute Gasteiger partial charge is 0.406 e. The van der Waals surface area contributed by atoms with Crippen molar-refractivity contribution in [1.29, 1.82) is 0 Å². The number of nitrogens with zero attached hydrogens (tertiary/aromatic N) is 3. The van der Waals surface area contributed by atoms with Gasteiger partial charge in [-0.1, -0.05) is 12.1 Å². The van der Waals surface area contributed by atoms with E-state index in [1.54, 1.807) is 12.1 Å². The predicted octanol–water partition coefficient (Wildman–Crippen LogP) is 3.42. The number of hydrogen-bond donors (Lipinski definition) is 2. The van der Waals surface area contributed by atoms with Gasteiger partial charge >= 0.3 is 6.36 Å². The van der Waals surface area contributed by atoms with Crippen molar-refractivity contribution in [3.8, 4) is 5.75 Å². The van der Waals surface area contributed by atoms with E-state index < -0.39 is 6.36 Å². The molecule has 0 unspecified atom stereocenters. The third kappa shape index (κ3) is 3.50. The monoisotopic (exact) mass is 323 g/mol. The number of anilines is 1. The Morgan fingerprint density at radius 1 is 1.13 bits per heavy atom. The second-order valence-electron chi connectivity index (χ2n) is 4.81. The van der Waals surface area contributed by atoms with Crippen LogP contribution in [-0.2, 0) is 0 Å². The summed E-state index contributed by atoms with van der Waals surface area (Å²) in [5.41, 5.74) is 1.98. The Morgan fingerprint density at radius 3 is 2.57 bits per heavy atom. The SMILES string of the molecule is C[C@H](Nc1ncnc2nc[nH]c12)c1ccc(OC(F)(F)F)cc1. The average molecular weight is 323 g/mol. The fourth-order valence-electron chi connectivity index (χ4n) is 2.12. The first-order valence-corrected chi connectivity index (χ1v) is 6.69. The Balaban J connectivity index is 1.75. The van der Waals surface area contributed by atoms with Gasteiger partial charge in [-0.3, -0.25) is 0 Å². The molecule has 6 nitrogen and oxygen atoms in total. The summed E-state index contributed by atoms with van der Waals surface area (Å²) >= 11 is 0. The van der Waals surface area contributed by atoms with Crippen molar-refractivity contribution in [2.45, 2.75) is 19.3 Å². The summed E-state index contributed by atoms with van der Waals surface area (Å²) in [6.07, 6.45) is -1.80. The van der Waals surface area contributed by atoms with Crippen LogP contribution in [0.1, 0.15) is 18.5 Å². The molecule has 2 heterocycles. The van der Waals surface area contributed by atoms with Crippen molar-refractivity contribution >= 4 is 17.0 Å². The van der Waals surface area contributed by atoms with Crippen LogP contribution in [0.2, 0.25) is 0 Å². The molecule has 0 fully saturated rings. The van der Waals surface area contributed by atoms with Gasteiger partial charge in [0.25, 0.3) is 0 Å².